The molecule has 2 heterocycles. The minimum Gasteiger partial charge on any atom is -0.497 e. The van der Waals surface area contributed by atoms with E-state index in [1.807, 2.05) is 48.5 Å². The van der Waals surface area contributed by atoms with Gasteiger partial charge < -0.3 is 19.8 Å². The average molecular weight is 450 g/mol. The van der Waals surface area contributed by atoms with Crippen LogP contribution >= 0.6 is 11.6 Å². The molecular formula is C22H20ClN7O2. The van der Waals surface area contributed by atoms with Crippen molar-refractivity contribution >= 4 is 41.3 Å². The summed E-state index contributed by atoms with van der Waals surface area (Å²) in [6, 6.07) is 18.4. The summed E-state index contributed by atoms with van der Waals surface area (Å²) in [6.07, 6.45) is 3.26. The van der Waals surface area contributed by atoms with E-state index in [1.54, 1.807) is 31.7 Å². The van der Waals surface area contributed by atoms with Crippen molar-refractivity contribution in [3.05, 3.63) is 83.3 Å². The van der Waals surface area contributed by atoms with Crippen LogP contribution in [-0.2, 0) is 6.54 Å². The summed E-state index contributed by atoms with van der Waals surface area (Å²) in [6.45, 7) is 0.423. The zero-order chi connectivity index (χ0) is 22.2. The first-order valence-electron chi connectivity index (χ1n) is 9.66. The number of anilines is 4. The van der Waals surface area contributed by atoms with Gasteiger partial charge in [-0.15, -0.1) is 0 Å². The number of hydrogen-bond donors (Lipinski definition) is 3. The van der Waals surface area contributed by atoms with Crippen LogP contribution in [0.3, 0.4) is 0 Å². The number of hydrogen-bond acceptors (Lipinski definition) is 9. The van der Waals surface area contributed by atoms with Crippen LogP contribution in [0.4, 0.5) is 23.5 Å². The third-order valence-corrected chi connectivity index (χ3v) is 4.48. The zero-order valence-corrected chi connectivity index (χ0v) is 17.9. The van der Waals surface area contributed by atoms with Crippen LogP contribution in [0, 0.1) is 0 Å². The molecule has 0 aliphatic heterocycles. The van der Waals surface area contributed by atoms with E-state index in [9.17, 15) is 0 Å². The molecule has 0 radical (unpaired) electrons. The molecule has 0 aliphatic carbocycles. The Morgan fingerprint density at radius 3 is 2.44 bits per heavy atom. The molecule has 0 bridgehead atoms. The van der Waals surface area contributed by atoms with Crippen LogP contribution < -0.4 is 20.8 Å². The predicted molar refractivity (Wildman–Crippen MR) is 125 cm³/mol. The van der Waals surface area contributed by atoms with Crippen LogP contribution in [0.2, 0.25) is 5.02 Å². The first kappa shape index (κ1) is 21.1. The van der Waals surface area contributed by atoms with Gasteiger partial charge in [0.25, 0.3) is 0 Å². The normalized spacial score (nSPS) is 10.8. The van der Waals surface area contributed by atoms with Gasteiger partial charge in [-0.3, -0.25) is 0 Å². The molecule has 2 aromatic carbocycles. The summed E-state index contributed by atoms with van der Waals surface area (Å²) in [7, 11) is 1.62. The molecule has 0 aliphatic rings. The van der Waals surface area contributed by atoms with Gasteiger partial charge in [0.15, 0.2) is 0 Å². The van der Waals surface area contributed by atoms with Crippen molar-refractivity contribution < 1.29 is 9.15 Å². The molecule has 0 amide bonds. The molecule has 3 N–H and O–H groups in total. The van der Waals surface area contributed by atoms with E-state index in [1.165, 1.54) is 0 Å². The monoisotopic (exact) mass is 449 g/mol. The second kappa shape index (κ2) is 10.3. The highest BCUT2D eigenvalue weighted by molar-refractivity contribution is 6.30. The van der Waals surface area contributed by atoms with E-state index >= 15 is 0 Å². The maximum atomic E-state index is 5.91. The molecule has 32 heavy (non-hydrogen) atoms. The minimum atomic E-state index is 0.267. The lowest BCUT2D eigenvalue weighted by molar-refractivity contribution is 0.415. The molecule has 0 atom stereocenters. The lowest BCUT2D eigenvalue weighted by Crippen LogP contribution is -2.09. The third-order valence-electron chi connectivity index (χ3n) is 4.23. The maximum Gasteiger partial charge on any atom is 0.250 e. The quantitative estimate of drug-likeness (QED) is 0.244. The Hall–Kier alpha value is -4.11. The number of ether oxygens (including phenoxy) is 1. The van der Waals surface area contributed by atoms with E-state index in [-0.39, 0.29) is 5.95 Å². The molecule has 4 rings (SSSR count). The number of nitrogens with one attached hydrogen (secondary N) is 3. The Kier molecular flexibility index (Phi) is 6.78. The Bertz CT molecular complexity index is 1160. The predicted octanol–water partition coefficient (Wildman–Crippen LogP) is 4.93. The Balaban J connectivity index is 1.51. The van der Waals surface area contributed by atoms with E-state index in [2.05, 4.69) is 36.1 Å². The highest BCUT2D eigenvalue weighted by Gasteiger charge is 2.08. The fraction of sp³-hybridized carbons (Fsp3) is 0.0909. The molecule has 0 spiro atoms. The van der Waals surface area contributed by atoms with Crippen molar-refractivity contribution in [2.24, 2.45) is 5.10 Å². The number of aromatic nitrogens is 3. The van der Waals surface area contributed by atoms with Crippen molar-refractivity contribution in [2.45, 2.75) is 6.54 Å². The third kappa shape index (κ3) is 5.96. The highest BCUT2D eigenvalue weighted by atomic mass is 35.5. The summed E-state index contributed by atoms with van der Waals surface area (Å²) in [5.74, 6) is 2.48. The molecule has 9 nitrogen and oxygen atoms in total. The van der Waals surface area contributed by atoms with E-state index < -0.39 is 0 Å². The first-order valence-corrected chi connectivity index (χ1v) is 10.0. The van der Waals surface area contributed by atoms with Crippen LogP contribution in [0.1, 0.15) is 11.3 Å². The largest absolute Gasteiger partial charge is 0.497 e. The fourth-order valence-corrected chi connectivity index (χ4v) is 2.78. The number of hydrazone groups is 1. The van der Waals surface area contributed by atoms with Crippen molar-refractivity contribution in [1.82, 2.24) is 15.0 Å². The number of halogens is 1. The van der Waals surface area contributed by atoms with Gasteiger partial charge >= 0.3 is 0 Å². The van der Waals surface area contributed by atoms with Crippen molar-refractivity contribution in [3.63, 3.8) is 0 Å². The zero-order valence-electron chi connectivity index (χ0n) is 17.1. The minimum absolute atomic E-state index is 0.267. The Morgan fingerprint density at radius 1 is 0.969 bits per heavy atom. The first-order chi connectivity index (χ1) is 15.7. The summed E-state index contributed by atoms with van der Waals surface area (Å²) in [5.41, 5.74) is 4.51. The van der Waals surface area contributed by atoms with Crippen molar-refractivity contribution in [2.75, 3.05) is 23.2 Å². The van der Waals surface area contributed by atoms with Gasteiger partial charge in [0, 0.05) is 10.7 Å². The van der Waals surface area contributed by atoms with E-state index in [0.29, 0.717) is 23.5 Å². The van der Waals surface area contributed by atoms with Gasteiger partial charge in [-0.1, -0.05) is 23.7 Å². The van der Waals surface area contributed by atoms with Gasteiger partial charge in [-0.2, -0.15) is 20.1 Å². The van der Waals surface area contributed by atoms with Crippen LogP contribution in [-0.4, -0.2) is 28.3 Å². The maximum absolute atomic E-state index is 5.91. The molecule has 2 aromatic heterocycles. The highest BCUT2D eigenvalue weighted by Crippen LogP contribution is 2.19. The van der Waals surface area contributed by atoms with Crippen LogP contribution in [0.15, 0.2) is 76.4 Å². The molecule has 0 saturated heterocycles. The van der Waals surface area contributed by atoms with E-state index in [4.69, 9.17) is 20.8 Å². The topological polar surface area (TPSA) is 109 Å². The number of methoxy groups -OCH3 is 1. The smallest absolute Gasteiger partial charge is 0.250 e. The fourth-order valence-electron chi connectivity index (χ4n) is 2.66. The van der Waals surface area contributed by atoms with Crippen molar-refractivity contribution in [3.8, 4) is 5.75 Å². The summed E-state index contributed by atoms with van der Waals surface area (Å²) in [4.78, 5) is 13.2. The lowest BCUT2D eigenvalue weighted by atomic mass is 10.2. The standard InChI is InChI=1S/C22H20ClN7O2/c1-31-18-10-8-17(9-11-18)26-21-27-20(24-14-19-3-2-12-32-19)28-22(29-21)30-25-13-15-4-6-16(23)7-5-15/h2-13H,14H2,1H3,(H3,24,26,27,28,29,30)/b25-13+. The summed E-state index contributed by atoms with van der Waals surface area (Å²) >= 11 is 5.91. The molecule has 0 unspecified atom stereocenters. The van der Waals surface area contributed by atoms with E-state index in [0.717, 1.165) is 22.8 Å². The molecule has 0 saturated carbocycles. The number of furan rings is 1. The Morgan fingerprint density at radius 2 is 1.72 bits per heavy atom. The molecule has 162 valence electrons. The number of nitrogens with zero attached hydrogens (tertiary/aromatic N) is 4. The van der Waals surface area contributed by atoms with Gasteiger partial charge in [-0.25, -0.2) is 5.43 Å². The summed E-state index contributed by atoms with van der Waals surface area (Å²) < 4.78 is 10.5. The number of rotatable bonds is 9. The van der Waals surface area contributed by atoms with Gasteiger partial charge in [0.1, 0.15) is 11.5 Å². The van der Waals surface area contributed by atoms with Crippen LogP contribution in [0.5, 0.6) is 5.75 Å². The van der Waals surface area contributed by atoms with Gasteiger partial charge in [-0.05, 0) is 54.1 Å². The van der Waals surface area contributed by atoms with Gasteiger partial charge in [0.05, 0.1) is 26.1 Å². The molecule has 4 aromatic rings. The Labute approximate surface area is 189 Å². The summed E-state index contributed by atoms with van der Waals surface area (Å²) in [5, 5.41) is 11.1. The molecule has 10 heteroatoms. The van der Waals surface area contributed by atoms with Crippen LogP contribution in [0.25, 0.3) is 0 Å². The average Bonchev–Trinajstić information content (AvgIpc) is 3.33. The second-order valence-electron chi connectivity index (χ2n) is 6.51. The molecular weight excluding hydrogens is 430 g/mol. The molecule has 0 fully saturated rings. The second-order valence-corrected chi connectivity index (χ2v) is 6.95. The number of benzene rings is 2. The SMILES string of the molecule is COc1ccc(Nc2nc(NCc3ccco3)nc(N/N=C/c3ccc(Cl)cc3)n2)cc1. The van der Waals surface area contributed by atoms with Gasteiger partial charge in [0.2, 0.25) is 17.8 Å². The van der Waals surface area contributed by atoms with Crippen molar-refractivity contribution in [1.29, 1.82) is 0 Å². The lowest BCUT2D eigenvalue weighted by Gasteiger charge is -2.10.